The van der Waals surface area contributed by atoms with E-state index in [-0.39, 0.29) is 0 Å². The average Bonchev–Trinajstić information content (AvgIpc) is 2.90. The fourth-order valence-electron chi connectivity index (χ4n) is 2.26. The van der Waals surface area contributed by atoms with Gasteiger partial charge in [0.2, 0.25) is 0 Å². The maximum atomic E-state index is 4.02. The van der Waals surface area contributed by atoms with Gasteiger partial charge < -0.3 is 10.2 Å². The van der Waals surface area contributed by atoms with Crippen molar-refractivity contribution in [3.63, 3.8) is 0 Å². The molecular formula is C11H20N4S. The quantitative estimate of drug-likeness (QED) is 0.815. The van der Waals surface area contributed by atoms with Gasteiger partial charge in [-0.05, 0) is 49.9 Å². The maximum Gasteiger partial charge on any atom is 0.0893 e. The lowest BCUT2D eigenvalue weighted by molar-refractivity contribution is 0.322. The molecule has 2 rings (SSSR count). The van der Waals surface area contributed by atoms with E-state index >= 15 is 0 Å². The van der Waals surface area contributed by atoms with Gasteiger partial charge in [-0.15, -0.1) is 5.10 Å². The first-order chi connectivity index (χ1) is 7.88. The molecule has 0 amide bonds. The van der Waals surface area contributed by atoms with Crippen LogP contribution in [0.15, 0.2) is 5.38 Å². The molecule has 1 aromatic heterocycles. The van der Waals surface area contributed by atoms with Gasteiger partial charge in [0, 0.05) is 18.5 Å². The lowest BCUT2D eigenvalue weighted by atomic mass is 10.1. The Morgan fingerprint density at radius 3 is 3.31 bits per heavy atom. The molecule has 1 unspecified atom stereocenters. The standard InChI is InChI=1S/C11H20N4S/c1-2-4-15-5-3-10(8-15)6-12-7-11-9-16-14-13-11/h9-10,12H,2-8H2,1H3. The maximum absolute atomic E-state index is 4.02. The second-order valence-corrected chi connectivity index (χ2v) is 5.09. The van der Waals surface area contributed by atoms with Crippen molar-refractivity contribution in [1.82, 2.24) is 19.8 Å². The molecule has 2 heterocycles. The summed E-state index contributed by atoms with van der Waals surface area (Å²) in [6.07, 6.45) is 2.60. The number of rotatable bonds is 6. The van der Waals surface area contributed by atoms with E-state index in [1.165, 1.54) is 44.0 Å². The van der Waals surface area contributed by atoms with Gasteiger partial charge in [0.15, 0.2) is 0 Å². The molecule has 1 atom stereocenters. The van der Waals surface area contributed by atoms with Gasteiger partial charge in [-0.1, -0.05) is 11.4 Å². The van der Waals surface area contributed by atoms with E-state index < -0.39 is 0 Å². The molecule has 1 aromatic rings. The number of nitrogens with one attached hydrogen (secondary N) is 1. The molecule has 0 spiro atoms. The van der Waals surface area contributed by atoms with Gasteiger partial charge >= 0.3 is 0 Å². The van der Waals surface area contributed by atoms with Gasteiger partial charge in [0.05, 0.1) is 5.69 Å². The zero-order valence-electron chi connectivity index (χ0n) is 9.85. The molecule has 90 valence electrons. The van der Waals surface area contributed by atoms with Crippen LogP contribution in [0.1, 0.15) is 25.5 Å². The summed E-state index contributed by atoms with van der Waals surface area (Å²) in [5.41, 5.74) is 1.06. The summed E-state index contributed by atoms with van der Waals surface area (Å²) in [7, 11) is 0. The van der Waals surface area contributed by atoms with Crippen LogP contribution in [0, 0.1) is 5.92 Å². The van der Waals surface area contributed by atoms with Gasteiger partial charge in [-0.2, -0.15) is 0 Å². The first kappa shape index (κ1) is 12.0. The molecule has 16 heavy (non-hydrogen) atoms. The van der Waals surface area contributed by atoms with E-state index in [9.17, 15) is 0 Å². The minimum absolute atomic E-state index is 0.818. The van der Waals surface area contributed by atoms with Crippen LogP contribution in [0.5, 0.6) is 0 Å². The SMILES string of the molecule is CCCN1CCC(CNCc2csnn2)C1. The monoisotopic (exact) mass is 240 g/mol. The highest BCUT2D eigenvalue weighted by atomic mass is 32.1. The predicted octanol–water partition coefficient (Wildman–Crippen LogP) is 1.36. The van der Waals surface area contributed by atoms with Crippen molar-refractivity contribution in [3.05, 3.63) is 11.1 Å². The Bertz CT molecular complexity index is 288. The summed E-state index contributed by atoms with van der Waals surface area (Å²) in [4.78, 5) is 2.57. The zero-order valence-corrected chi connectivity index (χ0v) is 10.7. The molecular weight excluding hydrogens is 220 g/mol. The van der Waals surface area contributed by atoms with Gasteiger partial charge in [0.1, 0.15) is 0 Å². The van der Waals surface area contributed by atoms with Gasteiger partial charge in [-0.25, -0.2) is 0 Å². The predicted molar refractivity (Wildman–Crippen MR) is 66.5 cm³/mol. The van der Waals surface area contributed by atoms with Crippen LogP contribution >= 0.6 is 11.5 Å². The molecule has 0 radical (unpaired) electrons. The van der Waals surface area contributed by atoms with E-state index in [0.717, 1.165) is 24.7 Å². The number of nitrogens with zero attached hydrogens (tertiary/aromatic N) is 3. The Morgan fingerprint density at radius 2 is 2.56 bits per heavy atom. The molecule has 1 fully saturated rings. The summed E-state index contributed by atoms with van der Waals surface area (Å²) in [5.74, 6) is 0.818. The molecule has 1 N–H and O–H groups in total. The number of likely N-dealkylation sites (tertiary alicyclic amines) is 1. The summed E-state index contributed by atoms with van der Waals surface area (Å²) in [5, 5.41) is 9.50. The van der Waals surface area contributed by atoms with Crippen LogP contribution in [-0.4, -0.2) is 40.7 Å². The fourth-order valence-corrected chi connectivity index (χ4v) is 2.72. The molecule has 4 nitrogen and oxygen atoms in total. The Kier molecular flexibility index (Phi) is 4.69. The third kappa shape index (κ3) is 3.50. The second kappa shape index (κ2) is 6.27. The molecule has 1 aliphatic rings. The van der Waals surface area contributed by atoms with Crippen molar-refractivity contribution < 1.29 is 0 Å². The summed E-state index contributed by atoms with van der Waals surface area (Å²) in [6, 6.07) is 0. The Labute approximate surface area is 101 Å². The lowest BCUT2D eigenvalue weighted by Gasteiger charge is -2.14. The largest absolute Gasteiger partial charge is 0.311 e. The van der Waals surface area contributed by atoms with Crippen LogP contribution in [0.2, 0.25) is 0 Å². The van der Waals surface area contributed by atoms with E-state index in [2.05, 4.69) is 26.7 Å². The van der Waals surface area contributed by atoms with Crippen molar-refractivity contribution in [2.75, 3.05) is 26.2 Å². The molecule has 0 aliphatic carbocycles. The number of aromatic nitrogens is 2. The Morgan fingerprint density at radius 1 is 1.62 bits per heavy atom. The third-order valence-corrected chi connectivity index (χ3v) is 3.61. The molecule has 1 aliphatic heterocycles. The van der Waals surface area contributed by atoms with Crippen LogP contribution in [-0.2, 0) is 6.54 Å². The lowest BCUT2D eigenvalue weighted by Crippen LogP contribution is -2.26. The number of hydrogen-bond acceptors (Lipinski definition) is 5. The summed E-state index contributed by atoms with van der Waals surface area (Å²) >= 11 is 1.42. The zero-order chi connectivity index (χ0) is 11.2. The molecule has 1 saturated heterocycles. The average molecular weight is 240 g/mol. The van der Waals surface area contributed by atoms with Crippen LogP contribution in [0.3, 0.4) is 0 Å². The highest BCUT2D eigenvalue weighted by Crippen LogP contribution is 2.15. The smallest absolute Gasteiger partial charge is 0.0893 e. The first-order valence-corrected chi connectivity index (χ1v) is 6.91. The second-order valence-electron chi connectivity index (χ2n) is 4.48. The third-order valence-electron chi connectivity index (χ3n) is 3.05. The van der Waals surface area contributed by atoms with E-state index in [1.54, 1.807) is 0 Å². The fraction of sp³-hybridized carbons (Fsp3) is 0.818. The van der Waals surface area contributed by atoms with Crippen molar-refractivity contribution >= 4 is 11.5 Å². The van der Waals surface area contributed by atoms with E-state index in [1.807, 2.05) is 5.38 Å². The number of hydrogen-bond donors (Lipinski definition) is 1. The van der Waals surface area contributed by atoms with Crippen LogP contribution in [0.25, 0.3) is 0 Å². The van der Waals surface area contributed by atoms with Gasteiger partial charge in [-0.3, -0.25) is 0 Å². The minimum atomic E-state index is 0.818. The topological polar surface area (TPSA) is 41.0 Å². The molecule has 0 saturated carbocycles. The summed E-state index contributed by atoms with van der Waals surface area (Å²) < 4.78 is 3.85. The minimum Gasteiger partial charge on any atom is -0.311 e. The van der Waals surface area contributed by atoms with Gasteiger partial charge in [0.25, 0.3) is 0 Å². The normalized spacial score (nSPS) is 21.7. The van der Waals surface area contributed by atoms with Crippen molar-refractivity contribution in [3.8, 4) is 0 Å². The van der Waals surface area contributed by atoms with Crippen LogP contribution < -0.4 is 5.32 Å². The van der Waals surface area contributed by atoms with Crippen molar-refractivity contribution in [2.24, 2.45) is 5.92 Å². The van der Waals surface area contributed by atoms with E-state index in [0.29, 0.717) is 0 Å². The molecule has 0 bridgehead atoms. The van der Waals surface area contributed by atoms with Crippen molar-refractivity contribution in [2.45, 2.75) is 26.3 Å². The van der Waals surface area contributed by atoms with E-state index in [4.69, 9.17) is 0 Å². The first-order valence-electron chi connectivity index (χ1n) is 6.07. The van der Waals surface area contributed by atoms with Crippen molar-refractivity contribution in [1.29, 1.82) is 0 Å². The van der Waals surface area contributed by atoms with Crippen LogP contribution in [0.4, 0.5) is 0 Å². The highest BCUT2D eigenvalue weighted by molar-refractivity contribution is 7.03. The Balaban J connectivity index is 1.60. The molecule has 0 aromatic carbocycles. The highest BCUT2D eigenvalue weighted by Gasteiger charge is 2.20. The Hall–Kier alpha value is -0.520. The molecule has 5 heteroatoms. The summed E-state index contributed by atoms with van der Waals surface area (Å²) in [6.45, 7) is 8.01.